The van der Waals surface area contributed by atoms with E-state index in [4.69, 9.17) is 0 Å². The summed E-state index contributed by atoms with van der Waals surface area (Å²) in [6.45, 7) is 1.47. The molecule has 0 aliphatic rings. The lowest BCUT2D eigenvalue weighted by Crippen LogP contribution is -2.31. The van der Waals surface area contributed by atoms with Crippen LogP contribution < -0.4 is 10.1 Å². The smallest absolute Gasteiger partial charge is 0.425 e. The van der Waals surface area contributed by atoms with Crippen molar-refractivity contribution in [3.05, 3.63) is 30.0 Å². The van der Waals surface area contributed by atoms with Crippen molar-refractivity contribution in [3.8, 4) is 17.1 Å². The average Bonchev–Trinajstić information content (AvgIpc) is 2.59. The number of ether oxygens (including phenoxy) is 1. The van der Waals surface area contributed by atoms with Gasteiger partial charge in [-0.25, -0.2) is 14.4 Å². The van der Waals surface area contributed by atoms with Crippen molar-refractivity contribution >= 4 is 27.5 Å². The number of hydrogen-bond donors (Lipinski definition) is 1. The summed E-state index contributed by atoms with van der Waals surface area (Å²) in [5.41, 5.74) is 0.482. The van der Waals surface area contributed by atoms with Crippen molar-refractivity contribution < 1.29 is 35.9 Å². The molecule has 29 heavy (non-hydrogen) atoms. The summed E-state index contributed by atoms with van der Waals surface area (Å²) >= 11 is 1.94. The summed E-state index contributed by atoms with van der Waals surface area (Å²) in [6.07, 6.45) is -4.76. The third kappa shape index (κ3) is 6.02. The second-order valence-electron chi connectivity index (χ2n) is 5.78. The maximum absolute atomic E-state index is 14.1. The number of carbonyl (C=O) groups excluding carboxylic acids is 1. The van der Waals surface area contributed by atoms with Crippen LogP contribution in [0.4, 0.5) is 32.2 Å². The summed E-state index contributed by atoms with van der Waals surface area (Å²) in [5.74, 6) is -3.36. The standard InChI is InChI=1S/C16H13BrF6N4O2/c1-7-13(25-6-12(27-7)24-5-11(28)15(17,19)20)9-3-10(18)14(26-4-9)29-8(2)16(21,22)23/h3-4,6,8H,5H2,1-2H3,(H,24,27)/t8-/m0/s1. The highest BCUT2D eigenvalue weighted by molar-refractivity contribution is 9.10. The minimum absolute atomic E-state index is 0.0173. The molecule has 0 amide bonds. The van der Waals surface area contributed by atoms with Crippen LogP contribution in [-0.2, 0) is 4.79 Å². The molecule has 2 aromatic heterocycles. The molecule has 0 bridgehead atoms. The largest absolute Gasteiger partial charge is 0.463 e. The van der Waals surface area contributed by atoms with Gasteiger partial charge in [-0.2, -0.15) is 22.0 Å². The number of aryl methyl sites for hydroxylation is 1. The zero-order valence-corrected chi connectivity index (χ0v) is 16.4. The molecular formula is C16H13BrF6N4O2. The van der Waals surface area contributed by atoms with Gasteiger partial charge in [-0.05, 0) is 35.8 Å². The molecule has 0 aromatic carbocycles. The number of alkyl halides is 6. The van der Waals surface area contributed by atoms with Crippen LogP contribution in [0.15, 0.2) is 18.5 Å². The first kappa shape index (κ1) is 22.8. The molecule has 2 aromatic rings. The van der Waals surface area contributed by atoms with Crippen LogP contribution in [0.2, 0.25) is 0 Å². The van der Waals surface area contributed by atoms with Gasteiger partial charge in [-0.1, -0.05) is 0 Å². The third-order valence-corrected chi connectivity index (χ3v) is 3.97. The van der Waals surface area contributed by atoms with E-state index >= 15 is 0 Å². The van der Waals surface area contributed by atoms with Gasteiger partial charge in [0.05, 0.1) is 24.1 Å². The number of hydrogen-bond acceptors (Lipinski definition) is 6. The molecule has 158 valence electrons. The van der Waals surface area contributed by atoms with Gasteiger partial charge < -0.3 is 10.1 Å². The maximum Gasteiger partial charge on any atom is 0.425 e. The molecular weight excluding hydrogens is 474 g/mol. The molecule has 2 rings (SSSR count). The lowest BCUT2D eigenvalue weighted by Gasteiger charge is -2.17. The van der Waals surface area contributed by atoms with Crippen molar-refractivity contribution in [2.45, 2.75) is 31.0 Å². The van der Waals surface area contributed by atoms with Gasteiger partial charge in [0, 0.05) is 11.8 Å². The molecule has 0 spiro atoms. The second-order valence-corrected chi connectivity index (χ2v) is 6.77. The fraction of sp³-hybridized carbons (Fsp3) is 0.375. The molecule has 0 saturated carbocycles. The monoisotopic (exact) mass is 486 g/mol. The molecule has 0 unspecified atom stereocenters. The fourth-order valence-electron chi connectivity index (χ4n) is 2.00. The van der Waals surface area contributed by atoms with E-state index in [9.17, 15) is 31.1 Å². The normalized spacial score (nSPS) is 13.1. The first-order valence-electron chi connectivity index (χ1n) is 7.86. The first-order valence-corrected chi connectivity index (χ1v) is 8.65. The van der Waals surface area contributed by atoms with Crippen molar-refractivity contribution in [2.24, 2.45) is 0 Å². The van der Waals surface area contributed by atoms with E-state index in [2.05, 4.69) is 25.0 Å². The van der Waals surface area contributed by atoms with Crippen LogP contribution in [0.1, 0.15) is 12.6 Å². The van der Waals surface area contributed by atoms with Crippen LogP contribution in [0.5, 0.6) is 5.88 Å². The topological polar surface area (TPSA) is 77.0 Å². The summed E-state index contributed by atoms with van der Waals surface area (Å²) in [4.78, 5) is 19.1. The lowest BCUT2D eigenvalue weighted by molar-refractivity contribution is -0.190. The SMILES string of the molecule is Cc1nc(NCC(=O)C(F)(F)Br)cnc1-c1cnc(O[C@@H](C)C(F)(F)F)c(F)c1. The summed E-state index contributed by atoms with van der Waals surface area (Å²) in [7, 11) is 0. The highest BCUT2D eigenvalue weighted by Gasteiger charge is 2.39. The van der Waals surface area contributed by atoms with E-state index in [-0.39, 0.29) is 22.8 Å². The van der Waals surface area contributed by atoms with Gasteiger partial charge in [-0.15, -0.1) is 0 Å². The number of carbonyl (C=O) groups is 1. The van der Waals surface area contributed by atoms with Gasteiger partial charge in [0.1, 0.15) is 5.82 Å². The van der Waals surface area contributed by atoms with E-state index in [0.29, 0.717) is 6.92 Å². The van der Waals surface area contributed by atoms with E-state index in [1.807, 2.05) is 15.9 Å². The summed E-state index contributed by atoms with van der Waals surface area (Å²) in [5, 5.41) is 2.38. The van der Waals surface area contributed by atoms with E-state index < -0.39 is 41.1 Å². The Bertz CT molecular complexity index is 904. The second kappa shape index (κ2) is 8.51. The van der Waals surface area contributed by atoms with Crippen molar-refractivity contribution in [1.29, 1.82) is 0 Å². The molecule has 0 aliphatic heterocycles. The quantitative estimate of drug-likeness (QED) is 0.464. The van der Waals surface area contributed by atoms with Crippen molar-refractivity contribution in [1.82, 2.24) is 15.0 Å². The Morgan fingerprint density at radius 1 is 1.24 bits per heavy atom. The van der Waals surface area contributed by atoms with Gasteiger partial charge >= 0.3 is 11.0 Å². The predicted molar refractivity (Wildman–Crippen MR) is 93.5 cm³/mol. The van der Waals surface area contributed by atoms with Crippen LogP contribution in [0.25, 0.3) is 11.3 Å². The summed E-state index contributed by atoms with van der Waals surface area (Å²) < 4.78 is 81.7. The summed E-state index contributed by atoms with van der Waals surface area (Å²) in [6, 6.07) is 0.879. The number of aromatic nitrogens is 3. The number of halogens is 7. The number of nitrogens with one attached hydrogen (secondary N) is 1. The highest BCUT2D eigenvalue weighted by atomic mass is 79.9. The molecule has 0 fully saturated rings. The van der Waals surface area contributed by atoms with Crippen molar-refractivity contribution in [3.63, 3.8) is 0 Å². The molecule has 1 atom stereocenters. The van der Waals surface area contributed by atoms with Crippen LogP contribution >= 0.6 is 15.9 Å². The Kier molecular flexibility index (Phi) is 6.71. The van der Waals surface area contributed by atoms with Gasteiger partial charge in [-0.3, -0.25) is 9.78 Å². The Balaban J connectivity index is 2.16. The average molecular weight is 487 g/mol. The number of anilines is 1. The molecule has 1 N–H and O–H groups in total. The Morgan fingerprint density at radius 3 is 2.41 bits per heavy atom. The number of ketones is 1. The molecule has 0 saturated heterocycles. The predicted octanol–water partition coefficient (Wildman–Crippen LogP) is 4.28. The van der Waals surface area contributed by atoms with E-state index in [1.165, 1.54) is 6.92 Å². The molecule has 13 heteroatoms. The molecule has 6 nitrogen and oxygen atoms in total. The van der Waals surface area contributed by atoms with Crippen LogP contribution in [-0.4, -0.2) is 44.4 Å². The number of pyridine rings is 1. The van der Waals surface area contributed by atoms with E-state index in [1.54, 1.807) is 0 Å². The minimum Gasteiger partial charge on any atom is -0.463 e. The van der Waals surface area contributed by atoms with Gasteiger partial charge in [0.15, 0.2) is 11.9 Å². The Morgan fingerprint density at radius 2 is 1.90 bits per heavy atom. The third-order valence-electron chi connectivity index (χ3n) is 3.52. The molecule has 0 aliphatic carbocycles. The minimum atomic E-state index is -4.68. The van der Waals surface area contributed by atoms with Crippen LogP contribution in [0, 0.1) is 12.7 Å². The zero-order chi connectivity index (χ0) is 22.0. The first-order chi connectivity index (χ1) is 13.3. The number of nitrogens with zero attached hydrogens (tertiary/aromatic N) is 3. The van der Waals surface area contributed by atoms with Crippen LogP contribution in [0.3, 0.4) is 0 Å². The zero-order valence-electron chi connectivity index (χ0n) is 14.8. The van der Waals surface area contributed by atoms with Gasteiger partial charge in [0.25, 0.3) is 5.88 Å². The Labute approximate surface area is 168 Å². The fourth-order valence-corrected chi connectivity index (χ4v) is 2.14. The lowest BCUT2D eigenvalue weighted by atomic mass is 10.1. The Hall–Kier alpha value is -2.44. The van der Waals surface area contributed by atoms with Gasteiger partial charge in [0.2, 0.25) is 5.78 Å². The van der Waals surface area contributed by atoms with E-state index in [0.717, 1.165) is 18.5 Å². The number of Topliss-reactive ketones (excluding diaryl/α,β-unsaturated/α-hetero) is 1. The van der Waals surface area contributed by atoms with Crippen molar-refractivity contribution in [2.75, 3.05) is 11.9 Å². The molecule has 0 radical (unpaired) electrons. The molecule has 2 heterocycles. The maximum atomic E-state index is 14.1. The number of rotatable bonds is 7. The highest BCUT2D eigenvalue weighted by Crippen LogP contribution is 2.28.